The van der Waals surface area contributed by atoms with Crippen LogP contribution in [0.1, 0.15) is 5.56 Å². The Kier molecular flexibility index (Phi) is 4.78. The van der Waals surface area contributed by atoms with Crippen molar-refractivity contribution in [2.45, 2.75) is 6.92 Å². The summed E-state index contributed by atoms with van der Waals surface area (Å²) in [6.07, 6.45) is 0. The Bertz CT molecular complexity index is 879. The van der Waals surface area contributed by atoms with Gasteiger partial charge in [-0.3, -0.25) is 0 Å². The third kappa shape index (κ3) is 2.81. The van der Waals surface area contributed by atoms with Gasteiger partial charge < -0.3 is 0 Å². The minimum atomic E-state index is -2.82. The zero-order chi connectivity index (χ0) is 17.8. The van der Waals surface area contributed by atoms with Crippen LogP contribution in [-0.4, -0.2) is 13.6 Å². The van der Waals surface area contributed by atoms with Crippen molar-refractivity contribution in [2.75, 3.05) is 0 Å². The fraction of sp³-hybridized carbons (Fsp3) is 0.0400. The van der Waals surface area contributed by atoms with Crippen LogP contribution in [0.4, 0.5) is 0 Å². The van der Waals surface area contributed by atoms with E-state index in [9.17, 15) is 0 Å². The molecule has 0 saturated carbocycles. The van der Waals surface area contributed by atoms with E-state index in [1.165, 1.54) is 23.0 Å². The molecular weight excluding hydrogens is 375 g/mol. The topological polar surface area (TPSA) is 0 Å². The van der Waals surface area contributed by atoms with Gasteiger partial charge in [-0.15, -0.1) is 0 Å². The number of hydrogen-bond donors (Lipinski definition) is 0. The van der Waals surface area contributed by atoms with E-state index in [-0.39, 0.29) is 0 Å². The van der Waals surface area contributed by atoms with Gasteiger partial charge in [0.05, 0.1) is 0 Å². The Morgan fingerprint density at radius 1 is 0.423 bits per heavy atom. The first kappa shape index (κ1) is 16.9. The summed E-state index contributed by atoms with van der Waals surface area (Å²) < 4.78 is 5.86. The Hall–Kier alpha value is -2.56. The molecule has 4 rings (SSSR count). The van der Waals surface area contributed by atoms with E-state index in [1.807, 2.05) is 0 Å². The molecule has 0 aliphatic heterocycles. The number of rotatable bonds is 4. The van der Waals surface area contributed by atoms with E-state index < -0.39 is 13.6 Å². The molecule has 0 nitrogen and oxygen atoms in total. The second kappa shape index (κ2) is 7.36. The molecule has 4 aromatic carbocycles. The average Bonchev–Trinajstić information content (AvgIpc) is 2.72. The van der Waals surface area contributed by atoms with Crippen LogP contribution < -0.4 is 17.4 Å². The normalized spacial score (nSPS) is 11.3. The van der Waals surface area contributed by atoms with Gasteiger partial charge in [-0.2, -0.15) is 0 Å². The molecule has 1 heteroatoms. The maximum absolute atomic E-state index is 2.82. The maximum atomic E-state index is 2.34. The number of aryl methyl sites for hydroxylation is 1. The first-order chi connectivity index (χ1) is 12.8. The third-order valence-electron chi connectivity index (χ3n) is 4.91. The standard InChI is InChI=1S/C25H22As/c1-21-13-11-12-20-25(21)26(22-14-5-2-6-15-22,23-16-7-3-8-17-23)24-18-9-4-10-19-24/h2-20H,1H3/q+1. The van der Waals surface area contributed by atoms with Crippen molar-refractivity contribution >= 4 is 31.0 Å². The van der Waals surface area contributed by atoms with Gasteiger partial charge >= 0.3 is 159 Å². The number of benzene rings is 4. The molecular formula is C25H22As+. The van der Waals surface area contributed by atoms with Gasteiger partial charge in [0.25, 0.3) is 0 Å². The first-order valence-electron chi connectivity index (χ1n) is 8.95. The predicted octanol–water partition coefficient (Wildman–Crippen LogP) is 3.37. The van der Waals surface area contributed by atoms with Crippen LogP contribution in [0, 0.1) is 6.92 Å². The van der Waals surface area contributed by atoms with E-state index in [0.29, 0.717) is 0 Å². The molecule has 0 aliphatic rings. The van der Waals surface area contributed by atoms with Gasteiger partial charge in [0.15, 0.2) is 0 Å². The molecule has 0 aromatic heterocycles. The van der Waals surface area contributed by atoms with Gasteiger partial charge in [-0.1, -0.05) is 0 Å². The minimum absolute atomic E-state index is 1.37. The van der Waals surface area contributed by atoms with Crippen LogP contribution in [0.25, 0.3) is 0 Å². The monoisotopic (exact) mass is 397 g/mol. The van der Waals surface area contributed by atoms with E-state index in [4.69, 9.17) is 0 Å². The second-order valence-corrected chi connectivity index (χ2v) is 13.5. The molecule has 0 aliphatic carbocycles. The summed E-state index contributed by atoms with van der Waals surface area (Å²) in [4.78, 5) is 0. The first-order valence-corrected chi connectivity index (χ1v) is 12.7. The summed E-state index contributed by atoms with van der Waals surface area (Å²) in [7, 11) is 0. The molecule has 26 heavy (non-hydrogen) atoms. The van der Waals surface area contributed by atoms with Gasteiger partial charge in [0, 0.05) is 0 Å². The quantitative estimate of drug-likeness (QED) is 0.464. The van der Waals surface area contributed by atoms with Crippen LogP contribution in [0.3, 0.4) is 0 Å². The zero-order valence-corrected chi connectivity index (χ0v) is 16.8. The van der Waals surface area contributed by atoms with Gasteiger partial charge in [-0.05, 0) is 0 Å². The summed E-state index contributed by atoms with van der Waals surface area (Å²) >= 11 is -2.82. The third-order valence-corrected chi connectivity index (χ3v) is 14.2. The molecule has 0 amide bonds. The fourth-order valence-corrected chi connectivity index (χ4v) is 13.2. The molecule has 0 fully saturated rings. The predicted molar refractivity (Wildman–Crippen MR) is 115 cm³/mol. The van der Waals surface area contributed by atoms with Crippen LogP contribution in [0.5, 0.6) is 0 Å². The Morgan fingerprint density at radius 2 is 0.769 bits per heavy atom. The molecule has 0 spiro atoms. The van der Waals surface area contributed by atoms with E-state index >= 15 is 0 Å². The number of hydrogen-bond acceptors (Lipinski definition) is 0. The van der Waals surface area contributed by atoms with Crippen molar-refractivity contribution in [2.24, 2.45) is 0 Å². The van der Waals surface area contributed by atoms with Crippen LogP contribution in [0.15, 0.2) is 115 Å². The Labute approximate surface area is 158 Å². The van der Waals surface area contributed by atoms with Gasteiger partial charge in [-0.25, -0.2) is 0 Å². The Balaban J connectivity index is 2.17. The second-order valence-electron chi connectivity index (χ2n) is 6.46. The summed E-state index contributed by atoms with van der Waals surface area (Å²) in [5, 5.41) is 0. The fourth-order valence-electron chi connectivity index (χ4n) is 3.76. The van der Waals surface area contributed by atoms with Crippen LogP contribution in [-0.2, 0) is 0 Å². The summed E-state index contributed by atoms with van der Waals surface area (Å²) in [5.74, 6) is 0. The van der Waals surface area contributed by atoms with Crippen LogP contribution >= 0.6 is 0 Å². The van der Waals surface area contributed by atoms with Crippen molar-refractivity contribution in [3.63, 3.8) is 0 Å². The Morgan fingerprint density at radius 3 is 1.15 bits per heavy atom. The van der Waals surface area contributed by atoms with Gasteiger partial charge in [0.1, 0.15) is 0 Å². The zero-order valence-electron chi connectivity index (χ0n) is 14.9. The van der Waals surface area contributed by atoms with Crippen molar-refractivity contribution in [3.05, 3.63) is 121 Å². The molecule has 0 radical (unpaired) electrons. The van der Waals surface area contributed by atoms with Crippen LogP contribution in [0.2, 0.25) is 0 Å². The van der Waals surface area contributed by atoms with Crippen molar-refractivity contribution in [1.29, 1.82) is 0 Å². The van der Waals surface area contributed by atoms with E-state index in [1.54, 1.807) is 0 Å². The molecule has 0 saturated heterocycles. The summed E-state index contributed by atoms with van der Waals surface area (Å²) in [5.41, 5.74) is 1.37. The summed E-state index contributed by atoms with van der Waals surface area (Å²) in [6.45, 7) is 2.25. The van der Waals surface area contributed by atoms with E-state index in [0.717, 1.165) is 0 Å². The van der Waals surface area contributed by atoms with E-state index in [2.05, 4.69) is 122 Å². The summed E-state index contributed by atoms with van der Waals surface area (Å²) in [6, 6.07) is 42.2. The average molecular weight is 397 g/mol. The van der Waals surface area contributed by atoms with Gasteiger partial charge in [0.2, 0.25) is 0 Å². The van der Waals surface area contributed by atoms with Crippen molar-refractivity contribution in [3.8, 4) is 0 Å². The molecule has 4 aromatic rings. The van der Waals surface area contributed by atoms with Crippen molar-refractivity contribution < 1.29 is 0 Å². The molecule has 0 unspecified atom stereocenters. The van der Waals surface area contributed by atoms with Crippen molar-refractivity contribution in [1.82, 2.24) is 0 Å². The molecule has 0 bridgehead atoms. The molecule has 0 heterocycles. The SMILES string of the molecule is Cc1ccccc1[As+](c1ccccc1)(c1ccccc1)c1ccccc1. The molecule has 0 N–H and O–H groups in total. The molecule has 0 atom stereocenters. The molecule has 126 valence electrons.